The Bertz CT molecular complexity index is 1290. The molecule has 0 saturated carbocycles. The molecule has 0 saturated heterocycles. The molecule has 2 amide bonds. The van der Waals surface area contributed by atoms with Crippen LogP contribution in [0.1, 0.15) is 32.5 Å². The van der Waals surface area contributed by atoms with Gasteiger partial charge >= 0.3 is 10.8 Å². The zero-order chi connectivity index (χ0) is 22.0. The fourth-order valence-corrected chi connectivity index (χ4v) is 4.76. The van der Waals surface area contributed by atoms with Crippen molar-refractivity contribution in [2.75, 3.05) is 11.9 Å². The quantitative estimate of drug-likeness (QED) is 0.552. The third-order valence-corrected chi connectivity index (χ3v) is 6.38. The maximum absolute atomic E-state index is 12.6. The first-order chi connectivity index (χ1) is 14.2. The molecular formula is C19H17N3O6S2. The predicted molar refractivity (Wildman–Crippen MR) is 115 cm³/mol. The Balaban J connectivity index is 1.96. The van der Waals surface area contributed by atoms with Crippen LogP contribution in [0.15, 0.2) is 33.9 Å². The highest BCUT2D eigenvalue weighted by Crippen LogP contribution is 2.33. The lowest BCUT2D eigenvalue weighted by Crippen LogP contribution is -2.35. The predicted octanol–water partition coefficient (Wildman–Crippen LogP) is 1.71. The number of aromatic nitrogens is 1. The number of amides is 2. The van der Waals surface area contributed by atoms with Gasteiger partial charge in [0.25, 0.3) is 11.5 Å². The number of fused-ring (bicyclic) bond motifs is 1. The van der Waals surface area contributed by atoms with Crippen LogP contribution in [0.5, 0.6) is 0 Å². The Morgan fingerprint density at radius 3 is 2.53 bits per heavy atom. The van der Waals surface area contributed by atoms with E-state index >= 15 is 0 Å². The first-order valence-electron chi connectivity index (χ1n) is 8.77. The lowest BCUT2D eigenvalue weighted by Gasteiger charge is -2.08. The van der Waals surface area contributed by atoms with Crippen LogP contribution in [0.3, 0.4) is 0 Å². The summed E-state index contributed by atoms with van der Waals surface area (Å²) < 4.78 is 6.33. The number of benzene rings is 1. The van der Waals surface area contributed by atoms with Gasteiger partial charge in [0.2, 0.25) is 5.91 Å². The summed E-state index contributed by atoms with van der Waals surface area (Å²) in [5, 5.41) is 2.88. The third kappa shape index (κ3) is 4.02. The van der Waals surface area contributed by atoms with E-state index in [1.807, 2.05) is 0 Å². The molecule has 2 aromatic heterocycles. The molecule has 3 aromatic rings. The Labute approximate surface area is 177 Å². The van der Waals surface area contributed by atoms with E-state index in [9.17, 15) is 24.0 Å². The van der Waals surface area contributed by atoms with Crippen LogP contribution in [0.2, 0.25) is 0 Å². The molecule has 0 aliphatic carbocycles. The van der Waals surface area contributed by atoms with Gasteiger partial charge in [0.1, 0.15) is 11.5 Å². The molecule has 0 fully saturated rings. The van der Waals surface area contributed by atoms with Gasteiger partial charge in [-0.2, -0.15) is 0 Å². The molecule has 0 bridgehead atoms. The van der Waals surface area contributed by atoms with Gasteiger partial charge < -0.3 is 15.8 Å². The second-order valence-corrected chi connectivity index (χ2v) is 8.16. The van der Waals surface area contributed by atoms with Crippen LogP contribution in [0.4, 0.5) is 5.00 Å². The first kappa shape index (κ1) is 21.4. The van der Waals surface area contributed by atoms with Crippen LogP contribution in [0.25, 0.3) is 10.1 Å². The standard InChI is InChI=1S/C19H17N3O6S2/c1-3-28-18(26)13-9(2)14(15(20)24)30-16(13)21-12(23)8-22-17(25)10-6-4-5-7-11(10)29-19(22)27/h4-7H,3,8H2,1-2H3,(H2,20,24)(H,21,23). The molecule has 11 heteroatoms. The van der Waals surface area contributed by atoms with Gasteiger partial charge in [-0.25, -0.2) is 4.79 Å². The molecular weight excluding hydrogens is 430 g/mol. The lowest BCUT2D eigenvalue weighted by molar-refractivity contribution is -0.116. The Hall–Kier alpha value is -3.31. The number of hydrogen-bond acceptors (Lipinski definition) is 8. The van der Waals surface area contributed by atoms with Crippen molar-refractivity contribution in [2.24, 2.45) is 5.73 Å². The number of thiophene rings is 1. The van der Waals surface area contributed by atoms with Crippen molar-refractivity contribution in [3.8, 4) is 0 Å². The van der Waals surface area contributed by atoms with E-state index in [0.717, 1.165) is 27.2 Å². The smallest absolute Gasteiger partial charge is 0.341 e. The van der Waals surface area contributed by atoms with Gasteiger partial charge in [0.05, 0.1) is 22.4 Å². The van der Waals surface area contributed by atoms with Gasteiger partial charge in [-0.15, -0.1) is 11.3 Å². The highest BCUT2D eigenvalue weighted by atomic mass is 32.1. The molecule has 0 atom stereocenters. The van der Waals surface area contributed by atoms with E-state index in [1.165, 1.54) is 6.92 Å². The van der Waals surface area contributed by atoms with Crippen LogP contribution < -0.4 is 21.5 Å². The highest BCUT2D eigenvalue weighted by molar-refractivity contribution is 7.18. The van der Waals surface area contributed by atoms with Gasteiger partial charge in [-0.3, -0.25) is 23.7 Å². The summed E-state index contributed by atoms with van der Waals surface area (Å²) in [5.41, 5.74) is 5.05. The van der Waals surface area contributed by atoms with Crippen molar-refractivity contribution in [2.45, 2.75) is 20.4 Å². The molecule has 3 rings (SSSR count). The minimum absolute atomic E-state index is 0.0139. The first-order valence-corrected chi connectivity index (χ1v) is 10.4. The highest BCUT2D eigenvalue weighted by Gasteiger charge is 2.26. The van der Waals surface area contributed by atoms with Gasteiger partial charge in [0.15, 0.2) is 0 Å². The summed E-state index contributed by atoms with van der Waals surface area (Å²) in [6, 6.07) is 6.60. The fourth-order valence-electron chi connectivity index (χ4n) is 2.84. The van der Waals surface area contributed by atoms with E-state index in [4.69, 9.17) is 10.5 Å². The average Bonchev–Trinajstić information content (AvgIpc) is 3.01. The number of anilines is 1. The normalized spacial score (nSPS) is 10.7. The van der Waals surface area contributed by atoms with Gasteiger partial charge in [-0.1, -0.05) is 23.5 Å². The number of hydrogen-bond donors (Lipinski definition) is 2. The second-order valence-electron chi connectivity index (χ2n) is 6.15. The molecule has 0 aliphatic rings. The number of esters is 1. The van der Waals surface area contributed by atoms with Crippen molar-refractivity contribution in [1.82, 2.24) is 4.57 Å². The minimum Gasteiger partial charge on any atom is -0.462 e. The van der Waals surface area contributed by atoms with Crippen LogP contribution in [-0.2, 0) is 16.1 Å². The molecule has 2 heterocycles. The molecule has 0 unspecified atom stereocenters. The molecule has 156 valence electrons. The van der Waals surface area contributed by atoms with E-state index in [0.29, 0.717) is 10.1 Å². The lowest BCUT2D eigenvalue weighted by atomic mass is 10.1. The maximum Gasteiger partial charge on any atom is 0.341 e. The monoisotopic (exact) mass is 447 g/mol. The number of primary amides is 1. The minimum atomic E-state index is -0.752. The molecule has 30 heavy (non-hydrogen) atoms. The molecule has 0 radical (unpaired) electrons. The number of nitrogens with one attached hydrogen (secondary N) is 1. The summed E-state index contributed by atoms with van der Waals surface area (Å²) in [7, 11) is 0. The molecule has 9 nitrogen and oxygen atoms in total. The van der Waals surface area contributed by atoms with Crippen LogP contribution >= 0.6 is 22.7 Å². The summed E-state index contributed by atoms with van der Waals surface area (Å²) >= 11 is 1.68. The van der Waals surface area contributed by atoms with Gasteiger partial charge in [-0.05, 0) is 31.5 Å². The van der Waals surface area contributed by atoms with E-state index in [-0.39, 0.29) is 27.6 Å². The van der Waals surface area contributed by atoms with E-state index in [1.54, 1.807) is 31.2 Å². The second kappa shape index (κ2) is 8.59. The topological polar surface area (TPSA) is 138 Å². The van der Waals surface area contributed by atoms with Crippen molar-refractivity contribution in [3.63, 3.8) is 0 Å². The zero-order valence-corrected chi connectivity index (χ0v) is 17.6. The SMILES string of the molecule is CCOC(=O)c1c(NC(=O)Cn2c(=O)sc3ccccc3c2=O)sc(C(N)=O)c1C. The number of ether oxygens (including phenoxy) is 1. The van der Waals surface area contributed by atoms with Gasteiger partial charge in [0, 0.05) is 4.70 Å². The van der Waals surface area contributed by atoms with Crippen molar-refractivity contribution in [1.29, 1.82) is 0 Å². The summed E-state index contributed by atoms with van der Waals surface area (Å²) in [5.74, 6) is -2.18. The molecule has 0 aliphatic heterocycles. The number of carbonyl (C=O) groups is 3. The summed E-state index contributed by atoms with van der Waals surface area (Å²) in [6.07, 6.45) is 0. The summed E-state index contributed by atoms with van der Waals surface area (Å²) in [4.78, 5) is 61.0. The largest absolute Gasteiger partial charge is 0.462 e. The average molecular weight is 447 g/mol. The maximum atomic E-state index is 12.6. The number of rotatable bonds is 6. The third-order valence-electron chi connectivity index (χ3n) is 4.19. The number of nitrogens with two attached hydrogens (primary N) is 1. The Kier molecular flexibility index (Phi) is 6.13. The Morgan fingerprint density at radius 1 is 1.17 bits per heavy atom. The van der Waals surface area contributed by atoms with Crippen molar-refractivity contribution < 1.29 is 19.1 Å². The molecule has 3 N–H and O–H groups in total. The van der Waals surface area contributed by atoms with Crippen LogP contribution in [0, 0.1) is 6.92 Å². The fraction of sp³-hybridized carbons (Fsp3) is 0.211. The molecule has 1 aromatic carbocycles. The van der Waals surface area contributed by atoms with Crippen LogP contribution in [-0.4, -0.2) is 29.0 Å². The number of carbonyl (C=O) groups excluding carboxylic acids is 3. The van der Waals surface area contributed by atoms with E-state index in [2.05, 4.69) is 5.32 Å². The Morgan fingerprint density at radius 2 is 1.87 bits per heavy atom. The zero-order valence-electron chi connectivity index (χ0n) is 16.0. The molecule has 0 spiro atoms. The van der Waals surface area contributed by atoms with E-state index < -0.39 is 34.8 Å². The van der Waals surface area contributed by atoms with Crippen molar-refractivity contribution >= 4 is 55.5 Å². The summed E-state index contributed by atoms with van der Waals surface area (Å²) in [6.45, 7) is 2.69. The number of nitrogens with zero attached hydrogens (tertiary/aromatic N) is 1. The van der Waals surface area contributed by atoms with Crippen molar-refractivity contribution in [3.05, 3.63) is 60.3 Å².